The van der Waals surface area contributed by atoms with Crippen LogP contribution in [0.5, 0.6) is 0 Å². The molecule has 0 unspecified atom stereocenters. The lowest BCUT2D eigenvalue weighted by Gasteiger charge is -2.25. The number of fused-ring (bicyclic) bond motifs is 2. The largest absolute Gasteiger partial charge is 0.144 e. The molecular formula is C17H14S3. The Labute approximate surface area is 130 Å². The highest BCUT2D eigenvalue weighted by Crippen LogP contribution is 2.39. The lowest BCUT2D eigenvalue weighted by Crippen LogP contribution is -2.31. The molecule has 1 aliphatic rings. The van der Waals surface area contributed by atoms with Crippen molar-refractivity contribution in [2.75, 3.05) is 0 Å². The Morgan fingerprint density at radius 1 is 1.10 bits per heavy atom. The lowest BCUT2D eigenvalue weighted by molar-refractivity contribution is 0.863. The maximum atomic E-state index is 2.43. The predicted octanol–water partition coefficient (Wildman–Crippen LogP) is 4.48. The average molecular weight is 315 g/mol. The van der Waals surface area contributed by atoms with Gasteiger partial charge < -0.3 is 0 Å². The molecule has 0 radical (unpaired) electrons. The molecule has 0 aliphatic heterocycles. The molecule has 3 aromatic rings. The minimum absolute atomic E-state index is 0.164. The van der Waals surface area contributed by atoms with Gasteiger partial charge in [0.25, 0.3) is 0 Å². The Kier molecular flexibility index (Phi) is 3.02. The summed E-state index contributed by atoms with van der Waals surface area (Å²) < 4.78 is 2.97. The van der Waals surface area contributed by atoms with E-state index in [4.69, 9.17) is 0 Å². The van der Waals surface area contributed by atoms with E-state index in [-0.39, 0.29) is 4.75 Å². The van der Waals surface area contributed by atoms with Gasteiger partial charge in [-0.05, 0) is 65.0 Å². The summed E-state index contributed by atoms with van der Waals surface area (Å²) in [5.41, 5.74) is 0. The van der Waals surface area contributed by atoms with Crippen LogP contribution in [0, 0.1) is 0 Å². The van der Waals surface area contributed by atoms with Crippen LogP contribution in [0.15, 0.2) is 46.0 Å². The first-order valence-corrected chi connectivity index (χ1v) is 9.22. The van der Waals surface area contributed by atoms with E-state index in [2.05, 4.69) is 60.2 Å². The van der Waals surface area contributed by atoms with E-state index in [0.29, 0.717) is 0 Å². The maximum absolute atomic E-state index is 2.43. The zero-order valence-corrected chi connectivity index (χ0v) is 13.6. The third-order valence-corrected chi connectivity index (χ3v) is 6.72. The molecule has 0 nitrogen and oxygen atoms in total. The van der Waals surface area contributed by atoms with Crippen LogP contribution in [0.4, 0.5) is 0 Å². The van der Waals surface area contributed by atoms with Gasteiger partial charge in [-0.2, -0.15) is 0 Å². The van der Waals surface area contributed by atoms with Crippen LogP contribution < -0.4 is 9.75 Å². The van der Waals surface area contributed by atoms with Gasteiger partial charge in [0.2, 0.25) is 0 Å². The van der Waals surface area contributed by atoms with Crippen LogP contribution in [-0.2, 0) is 0 Å². The van der Waals surface area contributed by atoms with Gasteiger partial charge in [0.15, 0.2) is 0 Å². The smallest absolute Gasteiger partial charge is 0.0402 e. The molecule has 0 bridgehead atoms. The fourth-order valence-electron chi connectivity index (χ4n) is 2.65. The Balaban J connectivity index is 1.71. The molecule has 0 fully saturated rings. The molecule has 4 rings (SSSR count). The number of rotatable bonds is 2. The van der Waals surface area contributed by atoms with Crippen molar-refractivity contribution in [2.24, 2.45) is 0 Å². The van der Waals surface area contributed by atoms with Crippen LogP contribution in [0.2, 0.25) is 0 Å². The quantitative estimate of drug-likeness (QED) is 0.672. The molecule has 3 heteroatoms. The van der Waals surface area contributed by atoms with Crippen molar-refractivity contribution in [3.8, 4) is 0 Å². The standard InChI is InChI=1S/C17H14S3/c1-17(7-4-16-13(11-17)6-9-19-16)20-14-2-3-15-12(10-14)5-8-18-15/h2-6,8-11H,7H2,1H3/t17-/m1/s1. The average Bonchev–Trinajstić information content (AvgIpc) is 3.05. The summed E-state index contributed by atoms with van der Waals surface area (Å²) in [6.07, 6.45) is 5.92. The van der Waals surface area contributed by atoms with Gasteiger partial charge in [-0.1, -0.05) is 12.2 Å². The molecule has 1 aromatic carbocycles. The highest BCUT2D eigenvalue weighted by molar-refractivity contribution is 8.01. The van der Waals surface area contributed by atoms with Crippen molar-refractivity contribution < 1.29 is 0 Å². The monoisotopic (exact) mass is 314 g/mol. The van der Waals surface area contributed by atoms with Crippen molar-refractivity contribution in [2.45, 2.75) is 23.0 Å². The molecule has 20 heavy (non-hydrogen) atoms. The summed E-state index contributed by atoms with van der Waals surface area (Å²) in [6, 6.07) is 11.3. The van der Waals surface area contributed by atoms with Gasteiger partial charge >= 0.3 is 0 Å². The number of thioether (sulfide) groups is 1. The second kappa shape index (κ2) is 4.76. The van der Waals surface area contributed by atoms with Crippen molar-refractivity contribution in [3.05, 3.63) is 50.8 Å². The van der Waals surface area contributed by atoms with E-state index in [1.807, 2.05) is 34.4 Å². The second-order valence-corrected chi connectivity index (χ2v) is 8.83. The normalized spacial score (nSPS) is 21.2. The molecular weight excluding hydrogens is 300 g/mol. The van der Waals surface area contributed by atoms with Gasteiger partial charge in [0, 0.05) is 18.9 Å². The Morgan fingerprint density at radius 2 is 2.00 bits per heavy atom. The third kappa shape index (κ3) is 2.24. The lowest BCUT2D eigenvalue weighted by atomic mass is 10.0. The Hall–Kier alpha value is -1.03. The zero-order valence-electron chi connectivity index (χ0n) is 11.1. The zero-order chi connectivity index (χ0) is 13.6. The highest BCUT2D eigenvalue weighted by atomic mass is 32.2. The molecule has 1 atom stereocenters. The Bertz CT molecular complexity index is 884. The van der Waals surface area contributed by atoms with E-state index in [1.165, 1.54) is 24.7 Å². The van der Waals surface area contributed by atoms with Crippen molar-refractivity contribution >= 4 is 56.7 Å². The van der Waals surface area contributed by atoms with Gasteiger partial charge in [-0.25, -0.2) is 0 Å². The van der Waals surface area contributed by atoms with E-state index in [1.54, 1.807) is 0 Å². The maximum Gasteiger partial charge on any atom is 0.0402 e. The van der Waals surface area contributed by atoms with Crippen molar-refractivity contribution in [1.82, 2.24) is 0 Å². The summed E-state index contributed by atoms with van der Waals surface area (Å²) in [7, 11) is 0. The van der Waals surface area contributed by atoms with Crippen LogP contribution in [0.3, 0.4) is 0 Å². The third-order valence-electron chi connectivity index (χ3n) is 3.66. The fraction of sp³-hybridized carbons (Fsp3) is 0.176. The van der Waals surface area contributed by atoms with Gasteiger partial charge in [-0.3, -0.25) is 0 Å². The number of hydrogen-bond acceptors (Lipinski definition) is 3. The number of hydrogen-bond donors (Lipinski definition) is 0. The molecule has 2 heterocycles. The van der Waals surface area contributed by atoms with Gasteiger partial charge in [0.05, 0.1) is 0 Å². The number of benzene rings is 1. The molecule has 1 aliphatic carbocycles. The minimum atomic E-state index is 0.164. The first-order valence-electron chi connectivity index (χ1n) is 6.65. The summed E-state index contributed by atoms with van der Waals surface area (Å²) in [5.74, 6) is 0. The van der Waals surface area contributed by atoms with E-state index < -0.39 is 0 Å². The summed E-state index contributed by atoms with van der Waals surface area (Å²) >= 11 is 5.63. The molecule has 0 spiro atoms. The predicted molar refractivity (Wildman–Crippen MR) is 93.2 cm³/mol. The molecule has 2 aromatic heterocycles. The topological polar surface area (TPSA) is 0 Å². The van der Waals surface area contributed by atoms with E-state index >= 15 is 0 Å². The minimum Gasteiger partial charge on any atom is -0.144 e. The van der Waals surface area contributed by atoms with Crippen molar-refractivity contribution in [3.63, 3.8) is 0 Å². The molecule has 0 amide bonds. The SMILES string of the molecule is C[C@]1(Sc2ccc3sccc3c2)C=c2ccsc2=CC1. The summed E-state index contributed by atoms with van der Waals surface area (Å²) in [6.45, 7) is 2.34. The van der Waals surface area contributed by atoms with Crippen molar-refractivity contribution in [1.29, 1.82) is 0 Å². The first kappa shape index (κ1) is 12.7. The van der Waals surface area contributed by atoms with Crippen LogP contribution in [0.1, 0.15) is 13.3 Å². The molecule has 100 valence electrons. The number of thiophene rings is 2. The summed E-state index contributed by atoms with van der Waals surface area (Å²) in [4.78, 5) is 1.36. The van der Waals surface area contributed by atoms with E-state index in [9.17, 15) is 0 Å². The first-order chi connectivity index (χ1) is 9.72. The van der Waals surface area contributed by atoms with Crippen LogP contribution >= 0.6 is 34.4 Å². The van der Waals surface area contributed by atoms with Gasteiger partial charge in [-0.15, -0.1) is 34.4 Å². The summed E-state index contributed by atoms with van der Waals surface area (Å²) in [5, 5.41) is 7.11. The van der Waals surface area contributed by atoms with Crippen LogP contribution in [-0.4, -0.2) is 4.75 Å². The Morgan fingerprint density at radius 3 is 2.95 bits per heavy atom. The van der Waals surface area contributed by atoms with Gasteiger partial charge in [0.1, 0.15) is 0 Å². The van der Waals surface area contributed by atoms with Crippen LogP contribution in [0.25, 0.3) is 22.2 Å². The molecule has 0 saturated carbocycles. The highest BCUT2D eigenvalue weighted by Gasteiger charge is 2.24. The van der Waals surface area contributed by atoms with E-state index in [0.717, 1.165) is 6.42 Å². The second-order valence-electron chi connectivity index (χ2n) is 5.33. The molecule has 0 N–H and O–H groups in total. The molecule has 0 saturated heterocycles. The fourth-order valence-corrected chi connectivity index (χ4v) is 5.44.